The number of rotatable bonds is 14. The number of nitrogens with one attached hydrogen (secondary N) is 2. The molecule has 2 atom stereocenters. The molecule has 0 fully saturated rings. The summed E-state index contributed by atoms with van der Waals surface area (Å²) in [6.45, 7) is 25.6. The standard InChI is InChI=1S/C22H36N2O2.C5H10O.C5H8O.2C2H6.CH3NO/c1-6-8-9-10-11-21(25)24-20(16(3)4)15-22(26)23-19-13-12-18(7-2)14-17(19)5;1-3-5(2)4-6;1-3-4-5(2)6;2*1-2;2-1-3/h12-14,16,20H,6-11,15H2,1-5H3,(H,23,26)(H,24,25);4-5H,3H2,1-2H3;3-4H,1-2H3;2*1-2H3;1H,(H2,2,3)/b;;4-3-;;;. The van der Waals surface area contributed by atoms with Gasteiger partial charge in [0.15, 0.2) is 5.78 Å². The Morgan fingerprint density at radius 1 is 0.911 bits per heavy atom. The summed E-state index contributed by atoms with van der Waals surface area (Å²) in [6.07, 6.45) is 11.6. The number of nitrogens with two attached hydrogens (primary N) is 1. The second-order valence-electron chi connectivity index (χ2n) is 10.3. The zero-order valence-electron chi connectivity index (χ0n) is 31.0. The van der Waals surface area contributed by atoms with Gasteiger partial charge in [-0.15, -0.1) is 0 Å². The third kappa shape index (κ3) is 36.8. The number of unbranched alkanes of at least 4 members (excludes halogenated alkanes) is 3. The smallest absolute Gasteiger partial charge is 0.226 e. The summed E-state index contributed by atoms with van der Waals surface area (Å²) in [5, 5.41) is 6.03. The van der Waals surface area contributed by atoms with E-state index in [0.717, 1.165) is 49.6 Å². The number of primary amides is 1. The Labute approximate surface area is 276 Å². The van der Waals surface area contributed by atoms with Crippen LogP contribution in [0.5, 0.6) is 0 Å². The molecular weight excluding hydrogens is 566 g/mol. The number of carbonyl (C=O) groups is 5. The fraction of sp³-hybridized carbons (Fsp3) is 0.649. The average Bonchev–Trinajstić information content (AvgIpc) is 3.02. The highest BCUT2D eigenvalue weighted by Gasteiger charge is 2.20. The van der Waals surface area contributed by atoms with Crippen molar-refractivity contribution in [3.63, 3.8) is 0 Å². The van der Waals surface area contributed by atoms with Gasteiger partial charge in [-0.05, 0) is 69.2 Å². The maximum absolute atomic E-state index is 12.5. The van der Waals surface area contributed by atoms with E-state index in [9.17, 15) is 19.2 Å². The molecule has 0 spiro atoms. The van der Waals surface area contributed by atoms with E-state index in [2.05, 4.69) is 36.3 Å². The van der Waals surface area contributed by atoms with Gasteiger partial charge in [0, 0.05) is 30.5 Å². The molecule has 0 saturated heterocycles. The summed E-state index contributed by atoms with van der Waals surface area (Å²) < 4.78 is 0. The van der Waals surface area contributed by atoms with Crippen LogP contribution in [0.25, 0.3) is 0 Å². The Kier molecular flexibility index (Phi) is 44.2. The van der Waals surface area contributed by atoms with Gasteiger partial charge in [0.05, 0.1) is 0 Å². The minimum absolute atomic E-state index is 0.0519. The van der Waals surface area contributed by atoms with Crippen LogP contribution in [0.4, 0.5) is 5.69 Å². The van der Waals surface area contributed by atoms with Crippen LogP contribution in [0.3, 0.4) is 0 Å². The fourth-order valence-electron chi connectivity index (χ4n) is 3.26. The van der Waals surface area contributed by atoms with E-state index in [1.165, 1.54) is 25.0 Å². The molecule has 0 bridgehead atoms. The molecule has 3 amide bonds. The van der Waals surface area contributed by atoms with Crippen molar-refractivity contribution in [3.05, 3.63) is 41.5 Å². The van der Waals surface area contributed by atoms with E-state index in [0.29, 0.717) is 12.8 Å². The number of aldehydes is 1. The minimum Gasteiger partial charge on any atom is -0.372 e. The molecule has 0 aliphatic carbocycles. The van der Waals surface area contributed by atoms with Crippen LogP contribution in [0.15, 0.2) is 30.4 Å². The van der Waals surface area contributed by atoms with E-state index in [1.807, 2.05) is 81.4 Å². The summed E-state index contributed by atoms with van der Waals surface area (Å²) in [7, 11) is 0. The van der Waals surface area contributed by atoms with Crippen molar-refractivity contribution in [2.45, 2.75) is 147 Å². The molecule has 0 heterocycles. The lowest BCUT2D eigenvalue weighted by molar-refractivity contribution is -0.123. The van der Waals surface area contributed by atoms with Crippen LogP contribution < -0.4 is 16.4 Å². The second-order valence-corrected chi connectivity index (χ2v) is 10.3. The predicted octanol–water partition coefficient (Wildman–Crippen LogP) is 8.53. The topological polar surface area (TPSA) is 135 Å². The van der Waals surface area contributed by atoms with Gasteiger partial charge < -0.3 is 21.2 Å². The third-order valence-corrected chi connectivity index (χ3v) is 6.06. The van der Waals surface area contributed by atoms with E-state index in [1.54, 1.807) is 6.08 Å². The van der Waals surface area contributed by atoms with Crippen LogP contribution in [-0.2, 0) is 30.4 Å². The molecule has 262 valence electrons. The summed E-state index contributed by atoms with van der Waals surface area (Å²) >= 11 is 0. The minimum atomic E-state index is -0.135. The molecule has 0 aliphatic heterocycles. The zero-order valence-corrected chi connectivity index (χ0v) is 31.0. The summed E-state index contributed by atoms with van der Waals surface area (Å²) in [4.78, 5) is 52.9. The Morgan fingerprint density at radius 3 is 1.80 bits per heavy atom. The second kappa shape index (κ2) is 38.7. The highest BCUT2D eigenvalue weighted by molar-refractivity contribution is 5.92. The normalized spacial score (nSPS) is 10.6. The van der Waals surface area contributed by atoms with E-state index in [-0.39, 0.29) is 41.9 Å². The predicted molar refractivity (Wildman–Crippen MR) is 193 cm³/mol. The highest BCUT2D eigenvalue weighted by Crippen LogP contribution is 2.18. The zero-order chi connectivity index (χ0) is 36.2. The number of ketones is 1. The van der Waals surface area contributed by atoms with Crippen molar-refractivity contribution in [2.75, 3.05) is 5.32 Å². The molecule has 1 rings (SSSR count). The van der Waals surface area contributed by atoms with Crippen molar-refractivity contribution in [2.24, 2.45) is 17.6 Å². The first-order valence-corrected chi connectivity index (χ1v) is 16.8. The average molecular weight is 636 g/mol. The summed E-state index contributed by atoms with van der Waals surface area (Å²) in [5.74, 6) is 0.574. The van der Waals surface area contributed by atoms with Crippen molar-refractivity contribution in [3.8, 4) is 0 Å². The SMILES string of the molecule is C/C=C\C(C)=O.CC.CC.CCC(C)C=O.CCCCCCC(=O)NC(CC(=O)Nc1ccc(CC)cc1C)C(C)C.NC=O. The molecule has 0 radical (unpaired) electrons. The van der Waals surface area contributed by atoms with E-state index in [4.69, 9.17) is 4.79 Å². The number of anilines is 1. The lowest BCUT2D eigenvalue weighted by Crippen LogP contribution is -2.41. The van der Waals surface area contributed by atoms with E-state index >= 15 is 0 Å². The molecule has 1 aromatic rings. The van der Waals surface area contributed by atoms with Crippen LogP contribution in [-0.4, -0.2) is 36.3 Å². The van der Waals surface area contributed by atoms with Gasteiger partial charge in [-0.3, -0.25) is 19.2 Å². The lowest BCUT2D eigenvalue weighted by atomic mass is 9.99. The Balaban J connectivity index is -0.000000229. The number of benzene rings is 1. The van der Waals surface area contributed by atoms with Crippen molar-refractivity contribution in [1.29, 1.82) is 0 Å². The number of amides is 3. The van der Waals surface area contributed by atoms with Crippen LogP contribution in [0.1, 0.15) is 139 Å². The Hall–Kier alpha value is -3.29. The van der Waals surface area contributed by atoms with Crippen LogP contribution in [0, 0.1) is 18.8 Å². The van der Waals surface area contributed by atoms with Gasteiger partial charge >= 0.3 is 0 Å². The van der Waals surface area contributed by atoms with Gasteiger partial charge in [0.2, 0.25) is 18.2 Å². The molecule has 45 heavy (non-hydrogen) atoms. The number of allylic oxidation sites excluding steroid dienone is 2. The van der Waals surface area contributed by atoms with Crippen molar-refractivity contribution in [1.82, 2.24) is 5.32 Å². The third-order valence-electron chi connectivity index (χ3n) is 6.06. The molecule has 8 nitrogen and oxygen atoms in total. The first kappa shape index (κ1) is 51.3. The van der Waals surface area contributed by atoms with Gasteiger partial charge in [-0.2, -0.15) is 0 Å². The molecule has 0 saturated carbocycles. The van der Waals surface area contributed by atoms with Gasteiger partial charge in [-0.1, -0.05) is 107 Å². The fourth-order valence-corrected chi connectivity index (χ4v) is 3.26. The Bertz CT molecular complexity index is 898. The monoisotopic (exact) mass is 636 g/mol. The molecule has 2 unspecified atom stereocenters. The molecule has 4 N–H and O–H groups in total. The van der Waals surface area contributed by atoms with Crippen molar-refractivity contribution >= 4 is 36.0 Å². The quantitative estimate of drug-likeness (QED) is 0.107. The van der Waals surface area contributed by atoms with E-state index < -0.39 is 0 Å². The molecule has 8 heteroatoms. The number of carbonyl (C=O) groups excluding carboxylic acids is 5. The maximum Gasteiger partial charge on any atom is 0.226 e. The summed E-state index contributed by atoms with van der Waals surface area (Å²) in [5.41, 5.74) is 7.34. The Morgan fingerprint density at radius 2 is 1.47 bits per heavy atom. The van der Waals surface area contributed by atoms with Crippen LogP contribution >= 0.6 is 0 Å². The molecule has 1 aromatic carbocycles. The van der Waals surface area contributed by atoms with Crippen LogP contribution in [0.2, 0.25) is 0 Å². The highest BCUT2D eigenvalue weighted by atomic mass is 16.2. The molecular formula is C37H69N3O5. The molecule has 0 aromatic heterocycles. The number of aryl methyl sites for hydroxylation is 2. The van der Waals surface area contributed by atoms with Gasteiger partial charge in [0.25, 0.3) is 0 Å². The molecule has 0 aliphatic rings. The largest absolute Gasteiger partial charge is 0.372 e. The van der Waals surface area contributed by atoms with Gasteiger partial charge in [-0.25, -0.2) is 0 Å². The lowest BCUT2D eigenvalue weighted by Gasteiger charge is -2.22. The first-order valence-electron chi connectivity index (χ1n) is 16.8. The number of hydrogen-bond acceptors (Lipinski definition) is 5. The van der Waals surface area contributed by atoms with Crippen molar-refractivity contribution < 1.29 is 24.0 Å². The van der Waals surface area contributed by atoms with Gasteiger partial charge in [0.1, 0.15) is 6.29 Å². The maximum atomic E-state index is 12.5. The number of hydrogen-bond donors (Lipinski definition) is 3. The first-order chi connectivity index (χ1) is 21.4. The summed E-state index contributed by atoms with van der Waals surface area (Å²) in [6, 6.07) is 5.97.